The molecule has 1 fully saturated rings. The quantitative estimate of drug-likeness (QED) is 0.713. The van der Waals surface area contributed by atoms with Crippen LogP contribution in [0.4, 0.5) is 13.2 Å². The lowest BCUT2D eigenvalue weighted by Gasteiger charge is -2.23. The zero-order valence-corrected chi connectivity index (χ0v) is 17.2. The Kier molecular flexibility index (Phi) is 6.19. The smallest absolute Gasteiger partial charge is 0.336 e. The highest BCUT2D eigenvalue weighted by Crippen LogP contribution is 2.48. The summed E-state index contributed by atoms with van der Waals surface area (Å²) >= 11 is 0. The predicted octanol–water partition coefficient (Wildman–Crippen LogP) is 4.37. The minimum atomic E-state index is -4.38. The van der Waals surface area contributed by atoms with Gasteiger partial charge in [0.1, 0.15) is 0 Å². The molecule has 30 heavy (non-hydrogen) atoms. The number of amides is 2. The van der Waals surface area contributed by atoms with Gasteiger partial charge in [-0.25, -0.2) is 0 Å². The summed E-state index contributed by atoms with van der Waals surface area (Å²) in [6, 6.07) is 4.94. The molecular weight excluding hydrogens is 393 g/mol. The molecule has 0 radical (unpaired) electrons. The summed E-state index contributed by atoms with van der Waals surface area (Å²) in [5, 5.41) is 0. The molecule has 160 valence electrons. The van der Waals surface area contributed by atoms with E-state index < -0.39 is 11.7 Å². The molecular formula is C23H25F3N2O2. The average molecular weight is 418 g/mol. The highest BCUT2D eigenvalue weighted by Gasteiger charge is 2.45. The van der Waals surface area contributed by atoms with E-state index in [-0.39, 0.29) is 36.1 Å². The maximum absolute atomic E-state index is 12.7. The second kappa shape index (κ2) is 8.50. The van der Waals surface area contributed by atoms with Gasteiger partial charge >= 0.3 is 6.18 Å². The van der Waals surface area contributed by atoms with Crippen molar-refractivity contribution in [3.8, 4) is 0 Å². The Morgan fingerprint density at radius 1 is 1.10 bits per heavy atom. The van der Waals surface area contributed by atoms with Crippen LogP contribution in [0.25, 0.3) is 0 Å². The summed E-state index contributed by atoms with van der Waals surface area (Å²) in [4.78, 5) is 28.2. The molecule has 0 bridgehead atoms. The van der Waals surface area contributed by atoms with Crippen LogP contribution in [0.1, 0.15) is 30.4 Å². The van der Waals surface area contributed by atoms with Gasteiger partial charge in [0.2, 0.25) is 11.8 Å². The van der Waals surface area contributed by atoms with Gasteiger partial charge in [0, 0.05) is 25.7 Å². The summed E-state index contributed by atoms with van der Waals surface area (Å²) in [6.45, 7) is 1.98. The topological polar surface area (TPSA) is 40.6 Å². The van der Waals surface area contributed by atoms with Crippen LogP contribution in [0, 0.1) is 11.8 Å². The average Bonchev–Trinajstić information content (AvgIpc) is 3.51. The van der Waals surface area contributed by atoms with E-state index in [2.05, 4.69) is 0 Å². The second-order valence-electron chi connectivity index (χ2n) is 7.91. The number of likely N-dealkylation sites (N-methyl/N-ethyl adjacent to an activating group) is 2. The summed E-state index contributed by atoms with van der Waals surface area (Å²) < 4.78 is 38.1. The first-order valence-electron chi connectivity index (χ1n) is 9.83. The molecule has 2 amide bonds. The van der Waals surface area contributed by atoms with Gasteiger partial charge in [-0.1, -0.05) is 37.3 Å². The lowest BCUT2D eigenvalue weighted by Crippen LogP contribution is -2.39. The molecule has 3 unspecified atom stereocenters. The van der Waals surface area contributed by atoms with Crippen molar-refractivity contribution < 1.29 is 22.8 Å². The number of benzene rings is 1. The number of hydrogen-bond donors (Lipinski definition) is 0. The number of rotatable bonds is 5. The summed E-state index contributed by atoms with van der Waals surface area (Å²) in [5.41, 5.74) is 0.759. The number of allylic oxidation sites excluding steroid dienone is 5. The van der Waals surface area contributed by atoms with Crippen LogP contribution in [0.2, 0.25) is 0 Å². The summed E-state index contributed by atoms with van der Waals surface area (Å²) in [5.74, 6) is -0.500. The molecule has 2 aliphatic rings. The number of carbonyl (C=O) groups excluding carboxylic acids is 2. The molecule has 0 saturated heterocycles. The van der Waals surface area contributed by atoms with Gasteiger partial charge in [0.05, 0.1) is 12.1 Å². The van der Waals surface area contributed by atoms with Gasteiger partial charge in [-0.05, 0) is 48.1 Å². The SMILES string of the molecule is CC1C=CC=C(N(C)C(=O)CN(C)C(=O)C2CC2c2ccc(C(F)(F)F)cc2)C=C1. The number of carbonyl (C=O) groups is 2. The molecule has 3 atom stereocenters. The van der Waals surface area contributed by atoms with Crippen molar-refractivity contribution in [2.24, 2.45) is 11.8 Å². The molecule has 1 aromatic rings. The maximum atomic E-state index is 12.7. The molecule has 0 spiro atoms. The Bertz CT molecular complexity index is 900. The van der Waals surface area contributed by atoms with E-state index in [9.17, 15) is 22.8 Å². The Hall–Kier alpha value is -2.83. The summed E-state index contributed by atoms with van der Waals surface area (Å²) in [6.07, 6.45) is 5.85. The minimum absolute atomic E-state index is 0.0595. The van der Waals surface area contributed by atoms with Crippen molar-refractivity contribution in [3.63, 3.8) is 0 Å². The first-order valence-corrected chi connectivity index (χ1v) is 9.83. The fraction of sp³-hybridized carbons (Fsp3) is 0.391. The van der Waals surface area contributed by atoms with Crippen LogP contribution in [-0.4, -0.2) is 42.3 Å². The monoisotopic (exact) mass is 418 g/mol. The third-order valence-corrected chi connectivity index (χ3v) is 5.54. The van der Waals surface area contributed by atoms with E-state index in [4.69, 9.17) is 0 Å². The zero-order chi connectivity index (χ0) is 22.1. The van der Waals surface area contributed by atoms with Gasteiger partial charge < -0.3 is 9.80 Å². The first kappa shape index (κ1) is 21.9. The Labute approximate surface area is 174 Å². The molecule has 7 heteroatoms. The van der Waals surface area contributed by atoms with Crippen LogP contribution >= 0.6 is 0 Å². The van der Waals surface area contributed by atoms with E-state index >= 15 is 0 Å². The summed E-state index contributed by atoms with van der Waals surface area (Å²) in [7, 11) is 3.25. The Balaban J connectivity index is 1.56. The van der Waals surface area contributed by atoms with E-state index in [1.54, 1.807) is 14.1 Å². The third-order valence-electron chi connectivity index (χ3n) is 5.54. The standard InChI is InChI=1S/C23H25F3N2O2/c1-15-5-4-6-18(12-7-15)28(3)21(29)14-27(2)22(30)20-13-19(20)16-8-10-17(11-9-16)23(24,25)26/h4-12,15,19-20H,13-14H2,1-3H3. The lowest BCUT2D eigenvalue weighted by molar-refractivity contribution is -0.138. The van der Waals surface area contributed by atoms with Gasteiger partial charge in [-0.3, -0.25) is 9.59 Å². The van der Waals surface area contributed by atoms with E-state index in [1.807, 2.05) is 37.3 Å². The molecule has 3 rings (SSSR count). The second-order valence-corrected chi connectivity index (χ2v) is 7.91. The first-order chi connectivity index (χ1) is 14.1. The van der Waals surface area contributed by atoms with Gasteiger partial charge in [-0.15, -0.1) is 0 Å². The van der Waals surface area contributed by atoms with Crippen molar-refractivity contribution in [3.05, 3.63) is 71.5 Å². The van der Waals surface area contributed by atoms with Crippen LogP contribution in [0.15, 0.2) is 60.3 Å². The fourth-order valence-corrected chi connectivity index (χ4v) is 3.49. The Morgan fingerprint density at radius 2 is 1.77 bits per heavy atom. The molecule has 0 aliphatic heterocycles. The third kappa shape index (κ3) is 5.01. The van der Waals surface area contributed by atoms with Gasteiger partial charge in [0.15, 0.2) is 0 Å². The molecule has 0 aromatic heterocycles. The molecule has 1 saturated carbocycles. The molecule has 0 N–H and O–H groups in total. The van der Waals surface area contributed by atoms with Crippen molar-refractivity contribution in [1.29, 1.82) is 0 Å². The fourth-order valence-electron chi connectivity index (χ4n) is 3.49. The molecule has 4 nitrogen and oxygen atoms in total. The van der Waals surface area contributed by atoms with Crippen molar-refractivity contribution in [1.82, 2.24) is 9.80 Å². The maximum Gasteiger partial charge on any atom is 0.416 e. The van der Waals surface area contributed by atoms with Crippen molar-refractivity contribution >= 4 is 11.8 Å². The van der Waals surface area contributed by atoms with Crippen LogP contribution < -0.4 is 0 Å². The molecule has 2 aliphatic carbocycles. The number of halogens is 3. The van der Waals surface area contributed by atoms with E-state index in [0.29, 0.717) is 12.0 Å². The van der Waals surface area contributed by atoms with Crippen molar-refractivity contribution in [2.45, 2.75) is 25.4 Å². The molecule has 0 heterocycles. The highest BCUT2D eigenvalue weighted by atomic mass is 19.4. The van der Waals surface area contributed by atoms with Crippen LogP contribution in [-0.2, 0) is 15.8 Å². The van der Waals surface area contributed by atoms with Crippen LogP contribution in [0.3, 0.4) is 0 Å². The Morgan fingerprint density at radius 3 is 2.40 bits per heavy atom. The number of hydrogen-bond acceptors (Lipinski definition) is 2. The molecule has 1 aromatic carbocycles. The largest absolute Gasteiger partial charge is 0.416 e. The predicted molar refractivity (Wildman–Crippen MR) is 108 cm³/mol. The van der Waals surface area contributed by atoms with Crippen LogP contribution in [0.5, 0.6) is 0 Å². The van der Waals surface area contributed by atoms with E-state index in [1.165, 1.54) is 21.9 Å². The highest BCUT2D eigenvalue weighted by molar-refractivity contribution is 5.88. The minimum Gasteiger partial charge on any atom is -0.336 e. The lowest BCUT2D eigenvalue weighted by atomic mass is 10.1. The number of nitrogens with zero attached hydrogens (tertiary/aromatic N) is 2. The normalized spacial score (nSPS) is 22.9. The zero-order valence-electron chi connectivity index (χ0n) is 17.2. The van der Waals surface area contributed by atoms with Gasteiger partial charge in [-0.2, -0.15) is 13.2 Å². The number of alkyl halides is 3. The van der Waals surface area contributed by atoms with E-state index in [0.717, 1.165) is 17.8 Å². The van der Waals surface area contributed by atoms with Crippen molar-refractivity contribution in [2.75, 3.05) is 20.6 Å². The van der Waals surface area contributed by atoms with Gasteiger partial charge in [0.25, 0.3) is 0 Å².